The third-order valence-corrected chi connectivity index (χ3v) is 5.51. The van der Waals surface area contributed by atoms with E-state index in [0.717, 1.165) is 16.7 Å². The summed E-state index contributed by atoms with van der Waals surface area (Å²) in [4.78, 5) is 21.9. The first-order valence-electron chi connectivity index (χ1n) is 11.1. The molecule has 2 aromatic carbocycles. The monoisotopic (exact) mass is 484 g/mol. The fourth-order valence-corrected chi connectivity index (χ4v) is 3.80. The van der Waals surface area contributed by atoms with Gasteiger partial charge in [0.25, 0.3) is 5.89 Å². The summed E-state index contributed by atoms with van der Waals surface area (Å²) in [6, 6.07) is 17.7. The summed E-state index contributed by atoms with van der Waals surface area (Å²) in [6.45, 7) is 1.86. The maximum absolute atomic E-state index is 13.4. The number of hydrogen-bond acceptors (Lipinski definition) is 8. The summed E-state index contributed by atoms with van der Waals surface area (Å²) in [5, 5.41) is 8.56. The highest BCUT2D eigenvalue weighted by Gasteiger charge is 2.26. The van der Waals surface area contributed by atoms with Crippen LogP contribution >= 0.6 is 0 Å². The smallest absolute Gasteiger partial charge is 0.360 e. The summed E-state index contributed by atoms with van der Waals surface area (Å²) in [7, 11) is 1.27. The van der Waals surface area contributed by atoms with Crippen LogP contribution in [-0.4, -0.2) is 33.2 Å². The number of carbonyl (C=O) groups excluding carboxylic acids is 1. The molecule has 0 spiro atoms. The number of esters is 1. The van der Waals surface area contributed by atoms with Gasteiger partial charge in [0.2, 0.25) is 5.89 Å². The molecule has 9 heteroatoms. The van der Waals surface area contributed by atoms with E-state index in [1.807, 2.05) is 36.4 Å². The largest absolute Gasteiger partial charge is 0.484 e. The first kappa shape index (κ1) is 23.1. The van der Waals surface area contributed by atoms with E-state index in [1.165, 1.54) is 19.2 Å². The number of aromatic nitrogens is 4. The maximum Gasteiger partial charge on any atom is 0.360 e. The minimum absolute atomic E-state index is 0.0504. The summed E-state index contributed by atoms with van der Waals surface area (Å²) in [5.41, 5.74) is 3.29. The van der Waals surface area contributed by atoms with Crippen molar-refractivity contribution >= 4 is 16.9 Å². The lowest BCUT2D eigenvalue weighted by Crippen LogP contribution is -2.11. The van der Waals surface area contributed by atoms with Crippen LogP contribution in [0.25, 0.3) is 22.5 Å². The molecule has 0 saturated heterocycles. The second kappa shape index (κ2) is 9.91. The van der Waals surface area contributed by atoms with E-state index >= 15 is 0 Å². The molecule has 3 aromatic heterocycles. The molecule has 0 aliphatic rings. The van der Waals surface area contributed by atoms with Crippen molar-refractivity contribution in [3.05, 3.63) is 101 Å². The Kier molecular flexibility index (Phi) is 6.36. The molecule has 0 aliphatic carbocycles. The van der Waals surface area contributed by atoms with Crippen LogP contribution in [0.5, 0.6) is 5.75 Å². The number of aryl methyl sites for hydroxylation is 1. The molecule has 0 bridgehead atoms. The molecule has 5 rings (SSSR count). The molecule has 0 N–H and O–H groups in total. The number of rotatable bonds is 7. The van der Waals surface area contributed by atoms with Gasteiger partial charge in [0.05, 0.1) is 7.11 Å². The molecule has 0 atom stereocenters. The molecule has 0 saturated carbocycles. The fraction of sp³-hybridized carbons (Fsp3) is 0.148. The van der Waals surface area contributed by atoms with Gasteiger partial charge in [0, 0.05) is 18.5 Å². The number of halogens is 1. The standard InChI is InChI=1S/C27H21FN4O4/c1-16-31-32-26(36-16)23-21-13-19(12-17-8-10-20(28)11-9-17)14-29-22(21)25(24(30-23)27(33)34-2)35-15-18-6-4-3-5-7-18/h3-11,13-14H,12,15H2,1-2H3. The van der Waals surface area contributed by atoms with Gasteiger partial charge in [0.15, 0.2) is 11.4 Å². The number of nitrogens with zero attached hydrogens (tertiary/aromatic N) is 4. The van der Waals surface area contributed by atoms with Crippen molar-refractivity contribution in [2.24, 2.45) is 0 Å². The average Bonchev–Trinajstić information content (AvgIpc) is 3.34. The molecule has 0 amide bonds. The molecule has 5 aromatic rings. The van der Waals surface area contributed by atoms with Crippen molar-refractivity contribution < 1.29 is 23.1 Å². The van der Waals surface area contributed by atoms with E-state index in [0.29, 0.717) is 23.2 Å². The van der Waals surface area contributed by atoms with E-state index in [9.17, 15) is 9.18 Å². The van der Waals surface area contributed by atoms with E-state index in [-0.39, 0.29) is 35.5 Å². The second-order valence-corrected chi connectivity index (χ2v) is 8.07. The van der Waals surface area contributed by atoms with Gasteiger partial charge in [-0.25, -0.2) is 14.2 Å². The highest BCUT2D eigenvalue weighted by molar-refractivity contribution is 6.02. The van der Waals surface area contributed by atoms with E-state index < -0.39 is 5.97 Å². The number of ether oxygens (including phenoxy) is 2. The second-order valence-electron chi connectivity index (χ2n) is 8.07. The third-order valence-electron chi connectivity index (χ3n) is 5.51. The Morgan fingerprint density at radius 1 is 1.00 bits per heavy atom. The normalized spacial score (nSPS) is 11.0. The van der Waals surface area contributed by atoms with Crippen LogP contribution in [0.15, 0.2) is 71.3 Å². The van der Waals surface area contributed by atoms with Gasteiger partial charge in [-0.3, -0.25) is 4.98 Å². The summed E-state index contributed by atoms with van der Waals surface area (Å²) >= 11 is 0. The lowest BCUT2D eigenvalue weighted by Gasteiger charge is -2.15. The van der Waals surface area contributed by atoms with Gasteiger partial charge in [-0.15, -0.1) is 10.2 Å². The predicted molar refractivity (Wildman–Crippen MR) is 129 cm³/mol. The van der Waals surface area contributed by atoms with Gasteiger partial charge >= 0.3 is 5.97 Å². The summed E-state index contributed by atoms with van der Waals surface area (Å²) in [5.74, 6) is -0.315. The quantitative estimate of drug-likeness (QED) is 0.295. The molecule has 0 fully saturated rings. The van der Waals surface area contributed by atoms with Crippen LogP contribution in [0.4, 0.5) is 4.39 Å². The Morgan fingerprint density at radius 3 is 2.47 bits per heavy atom. The first-order valence-corrected chi connectivity index (χ1v) is 11.1. The summed E-state index contributed by atoms with van der Waals surface area (Å²) in [6.07, 6.45) is 2.19. The minimum Gasteiger partial charge on any atom is -0.484 e. The highest BCUT2D eigenvalue weighted by atomic mass is 19.1. The molecule has 0 aliphatic heterocycles. The van der Waals surface area contributed by atoms with Crippen molar-refractivity contribution in [1.82, 2.24) is 20.2 Å². The van der Waals surface area contributed by atoms with E-state index in [1.54, 1.807) is 25.3 Å². The van der Waals surface area contributed by atoms with Crippen molar-refractivity contribution in [2.75, 3.05) is 7.11 Å². The number of benzene rings is 2. The fourth-order valence-electron chi connectivity index (χ4n) is 3.80. The number of pyridine rings is 2. The van der Waals surface area contributed by atoms with E-state index in [2.05, 4.69) is 20.2 Å². The van der Waals surface area contributed by atoms with Gasteiger partial charge in [-0.05, 0) is 41.3 Å². The molecule has 36 heavy (non-hydrogen) atoms. The number of methoxy groups -OCH3 is 1. The van der Waals surface area contributed by atoms with Gasteiger partial charge in [-0.2, -0.15) is 0 Å². The van der Waals surface area contributed by atoms with Crippen molar-refractivity contribution in [2.45, 2.75) is 20.0 Å². The van der Waals surface area contributed by atoms with Gasteiger partial charge in [-0.1, -0.05) is 42.5 Å². The maximum atomic E-state index is 13.4. The van der Waals surface area contributed by atoms with Gasteiger partial charge in [0.1, 0.15) is 23.6 Å². The van der Waals surface area contributed by atoms with Crippen molar-refractivity contribution in [3.8, 4) is 17.3 Å². The highest BCUT2D eigenvalue weighted by Crippen LogP contribution is 2.35. The van der Waals surface area contributed by atoms with Crippen LogP contribution in [0.3, 0.4) is 0 Å². The van der Waals surface area contributed by atoms with Crippen LogP contribution < -0.4 is 4.74 Å². The molecule has 8 nitrogen and oxygen atoms in total. The van der Waals surface area contributed by atoms with E-state index in [4.69, 9.17) is 13.9 Å². The Labute approximate surface area is 205 Å². The zero-order chi connectivity index (χ0) is 25.1. The molecule has 0 radical (unpaired) electrons. The lowest BCUT2D eigenvalue weighted by molar-refractivity contribution is 0.0589. The SMILES string of the molecule is COC(=O)c1nc(-c2nnc(C)o2)c2cc(Cc3ccc(F)cc3)cnc2c1OCc1ccccc1. The van der Waals surface area contributed by atoms with Crippen molar-refractivity contribution in [1.29, 1.82) is 0 Å². The molecular formula is C27H21FN4O4. The van der Waals surface area contributed by atoms with Crippen molar-refractivity contribution in [3.63, 3.8) is 0 Å². The van der Waals surface area contributed by atoms with Crippen LogP contribution in [0, 0.1) is 12.7 Å². The summed E-state index contributed by atoms with van der Waals surface area (Å²) < 4.78 is 30.1. The Balaban J connectivity index is 1.66. The number of carbonyl (C=O) groups is 1. The predicted octanol–water partition coefficient (Wildman–Crippen LogP) is 5.08. The topological polar surface area (TPSA) is 100 Å². The molecule has 3 heterocycles. The zero-order valence-electron chi connectivity index (χ0n) is 19.6. The molecular weight excluding hydrogens is 463 g/mol. The average molecular weight is 484 g/mol. The van der Waals surface area contributed by atoms with Crippen LogP contribution in [0.2, 0.25) is 0 Å². The van der Waals surface area contributed by atoms with Crippen LogP contribution in [0.1, 0.15) is 33.1 Å². The Morgan fingerprint density at radius 2 is 1.78 bits per heavy atom. The molecule has 0 unspecified atom stereocenters. The van der Waals surface area contributed by atoms with Crippen LogP contribution in [-0.2, 0) is 17.8 Å². The number of hydrogen-bond donors (Lipinski definition) is 0. The van der Waals surface area contributed by atoms with Gasteiger partial charge < -0.3 is 13.9 Å². The first-order chi connectivity index (χ1) is 17.5. The number of fused-ring (bicyclic) bond motifs is 1. The Hall–Kier alpha value is -4.66. The zero-order valence-corrected chi connectivity index (χ0v) is 19.6. The third kappa shape index (κ3) is 4.76. The Bertz CT molecular complexity index is 1540. The molecule has 180 valence electrons. The minimum atomic E-state index is -0.686. The lowest BCUT2D eigenvalue weighted by atomic mass is 10.0.